The highest BCUT2D eigenvalue weighted by molar-refractivity contribution is 7.10. The molecule has 0 unspecified atom stereocenters. The Bertz CT molecular complexity index is 452. The van der Waals surface area contributed by atoms with Crippen molar-refractivity contribution < 1.29 is 4.79 Å². The minimum Gasteiger partial charge on any atom is -0.351 e. The summed E-state index contributed by atoms with van der Waals surface area (Å²) in [5.41, 5.74) is 0. The van der Waals surface area contributed by atoms with Crippen molar-refractivity contribution in [2.24, 2.45) is 5.92 Å². The fourth-order valence-electron chi connectivity index (χ4n) is 3.03. The molecule has 2 atom stereocenters. The number of carbonyl (C=O) groups excluding carboxylic acids is 1. The van der Waals surface area contributed by atoms with Crippen LogP contribution in [0, 0.1) is 5.92 Å². The van der Waals surface area contributed by atoms with Gasteiger partial charge in [-0.25, -0.2) is 0 Å². The molecule has 0 radical (unpaired) electrons. The van der Waals surface area contributed by atoms with Gasteiger partial charge in [-0.3, -0.25) is 9.69 Å². The van der Waals surface area contributed by atoms with E-state index in [0.717, 1.165) is 32.7 Å². The second-order valence-electron chi connectivity index (χ2n) is 6.38. The zero-order valence-corrected chi connectivity index (χ0v) is 15.0. The lowest BCUT2D eigenvalue weighted by Crippen LogP contribution is -2.52. The van der Waals surface area contributed by atoms with Gasteiger partial charge in [0, 0.05) is 43.0 Å². The minimum absolute atomic E-state index is 0.0309. The number of likely N-dealkylation sites (N-methyl/N-ethyl adjacent to an activating group) is 1. The number of thiophene rings is 1. The summed E-state index contributed by atoms with van der Waals surface area (Å²) in [6, 6.07) is 4.70. The second-order valence-corrected chi connectivity index (χ2v) is 7.36. The first-order chi connectivity index (χ1) is 10.5. The van der Waals surface area contributed by atoms with Crippen molar-refractivity contribution in [3.63, 3.8) is 0 Å². The van der Waals surface area contributed by atoms with Crippen LogP contribution in [0.4, 0.5) is 0 Å². The van der Waals surface area contributed by atoms with Crippen molar-refractivity contribution in [1.29, 1.82) is 0 Å². The minimum atomic E-state index is 0.0309. The van der Waals surface area contributed by atoms with Crippen LogP contribution in [0.25, 0.3) is 0 Å². The average molecular weight is 324 g/mol. The van der Waals surface area contributed by atoms with Crippen molar-refractivity contribution in [1.82, 2.24) is 15.1 Å². The molecule has 1 N–H and O–H groups in total. The van der Waals surface area contributed by atoms with Gasteiger partial charge in [0.05, 0.1) is 6.04 Å². The summed E-state index contributed by atoms with van der Waals surface area (Å²) < 4.78 is 0. The summed E-state index contributed by atoms with van der Waals surface area (Å²) in [7, 11) is 0. The Morgan fingerprint density at radius 2 is 1.95 bits per heavy atom. The van der Waals surface area contributed by atoms with Crippen LogP contribution >= 0.6 is 11.3 Å². The van der Waals surface area contributed by atoms with Crippen molar-refractivity contribution in [2.45, 2.75) is 39.8 Å². The first-order valence-corrected chi connectivity index (χ1v) is 9.21. The zero-order valence-electron chi connectivity index (χ0n) is 14.2. The van der Waals surface area contributed by atoms with Crippen LogP contribution in [-0.2, 0) is 4.79 Å². The van der Waals surface area contributed by atoms with E-state index in [1.165, 1.54) is 4.88 Å². The number of hydrogen-bond donors (Lipinski definition) is 1. The number of nitrogens with zero attached hydrogens (tertiary/aromatic N) is 2. The van der Waals surface area contributed by atoms with Crippen LogP contribution in [0.15, 0.2) is 17.5 Å². The molecule has 124 valence electrons. The third-order valence-electron chi connectivity index (χ3n) is 4.45. The summed E-state index contributed by atoms with van der Waals surface area (Å²) in [5.74, 6) is 0.171. The van der Waals surface area contributed by atoms with E-state index in [2.05, 4.69) is 46.5 Å². The monoisotopic (exact) mass is 323 g/mol. The first-order valence-electron chi connectivity index (χ1n) is 8.33. The lowest BCUT2D eigenvalue weighted by atomic mass is 10.0. The average Bonchev–Trinajstić information content (AvgIpc) is 3.02. The van der Waals surface area contributed by atoms with Crippen LogP contribution < -0.4 is 5.32 Å². The van der Waals surface area contributed by atoms with E-state index in [9.17, 15) is 4.79 Å². The number of hydrogen-bond acceptors (Lipinski definition) is 4. The topological polar surface area (TPSA) is 35.6 Å². The predicted molar refractivity (Wildman–Crippen MR) is 93.2 cm³/mol. The Hall–Kier alpha value is -0.910. The van der Waals surface area contributed by atoms with Gasteiger partial charge in [0.2, 0.25) is 5.91 Å². The Kier molecular flexibility index (Phi) is 6.41. The summed E-state index contributed by atoms with van der Waals surface area (Å²) in [5, 5.41) is 5.33. The van der Waals surface area contributed by atoms with E-state index in [4.69, 9.17) is 0 Å². The molecule has 1 aliphatic rings. The first kappa shape index (κ1) is 17.4. The molecule has 0 aliphatic carbocycles. The summed E-state index contributed by atoms with van der Waals surface area (Å²) in [6.07, 6.45) is 0. The third-order valence-corrected chi connectivity index (χ3v) is 5.39. The predicted octanol–water partition coefficient (Wildman–Crippen LogP) is 2.59. The molecular formula is C17H29N3OS. The lowest BCUT2D eigenvalue weighted by Gasteiger charge is -2.41. The van der Waals surface area contributed by atoms with Gasteiger partial charge in [-0.2, -0.15) is 0 Å². The van der Waals surface area contributed by atoms with Crippen LogP contribution in [0.1, 0.15) is 38.6 Å². The highest BCUT2D eigenvalue weighted by Gasteiger charge is 2.30. The second kappa shape index (κ2) is 8.09. The maximum atomic E-state index is 12.1. The molecule has 0 saturated carbocycles. The van der Waals surface area contributed by atoms with Crippen LogP contribution in [0.2, 0.25) is 0 Å². The van der Waals surface area contributed by atoms with E-state index < -0.39 is 0 Å². The third kappa shape index (κ3) is 4.31. The molecule has 2 heterocycles. The van der Waals surface area contributed by atoms with Gasteiger partial charge >= 0.3 is 0 Å². The molecule has 0 bridgehead atoms. The van der Waals surface area contributed by atoms with Gasteiger partial charge in [-0.05, 0) is 24.9 Å². The molecule has 0 aromatic carbocycles. The van der Waals surface area contributed by atoms with Gasteiger partial charge < -0.3 is 10.2 Å². The molecule has 2 rings (SSSR count). The number of carbonyl (C=O) groups is 1. The molecule has 0 spiro atoms. The van der Waals surface area contributed by atoms with Gasteiger partial charge in [0.15, 0.2) is 0 Å². The molecule has 1 aromatic heterocycles. The van der Waals surface area contributed by atoms with E-state index in [1.54, 1.807) is 11.3 Å². The molecular weight excluding hydrogens is 294 g/mol. The van der Waals surface area contributed by atoms with E-state index in [-0.39, 0.29) is 23.9 Å². The van der Waals surface area contributed by atoms with Gasteiger partial charge in [-0.15, -0.1) is 11.3 Å². The summed E-state index contributed by atoms with van der Waals surface area (Å²) in [4.78, 5) is 18.4. The highest BCUT2D eigenvalue weighted by atomic mass is 32.1. The van der Waals surface area contributed by atoms with Crippen molar-refractivity contribution in [3.05, 3.63) is 22.4 Å². The van der Waals surface area contributed by atoms with Gasteiger partial charge in [0.1, 0.15) is 0 Å². The summed E-state index contributed by atoms with van der Waals surface area (Å²) >= 11 is 1.79. The Morgan fingerprint density at radius 3 is 2.45 bits per heavy atom. The van der Waals surface area contributed by atoms with Gasteiger partial charge in [0.25, 0.3) is 0 Å². The van der Waals surface area contributed by atoms with E-state index in [1.807, 2.05) is 13.8 Å². The normalized spacial score (nSPS) is 20.0. The molecule has 1 fully saturated rings. The smallest absolute Gasteiger partial charge is 0.222 e. The number of rotatable bonds is 6. The standard InChI is InChI=1S/C17H29N3OS/c1-5-19-8-10-20(11-9-19)16(15-7-6-12-22-15)14(4)18-17(21)13(2)3/h6-7,12-14,16H,5,8-11H2,1-4H3,(H,18,21)/t14-,16+/m0/s1. The molecule has 22 heavy (non-hydrogen) atoms. The Balaban J connectivity index is 2.09. The van der Waals surface area contributed by atoms with Crippen molar-refractivity contribution >= 4 is 17.2 Å². The molecule has 1 amide bonds. The maximum absolute atomic E-state index is 12.1. The molecule has 1 aliphatic heterocycles. The van der Waals surface area contributed by atoms with Crippen molar-refractivity contribution in [3.8, 4) is 0 Å². The Morgan fingerprint density at radius 1 is 1.27 bits per heavy atom. The zero-order chi connectivity index (χ0) is 16.1. The SMILES string of the molecule is CCN1CCN([C@@H](c2cccs2)[C@H](C)NC(=O)C(C)C)CC1. The van der Waals surface area contributed by atoms with Crippen molar-refractivity contribution in [2.75, 3.05) is 32.7 Å². The number of piperazine rings is 1. The van der Waals surface area contributed by atoms with Crippen LogP contribution in [0.3, 0.4) is 0 Å². The highest BCUT2D eigenvalue weighted by Crippen LogP contribution is 2.29. The van der Waals surface area contributed by atoms with E-state index >= 15 is 0 Å². The Labute approximate surface area is 138 Å². The maximum Gasteiger partial charge on any atom is 0.222 e. The molecule has 4 nitrogen and oxygen atoms in total. The fraction of sp³-hybridized carbons (Fsp3) is 0.706. The van der Waals surface area contributed by atoms with E-state index in [0.29, 0.717) is 0 Å². The molecule has 1 aromatic rings. The van der Waals surface area contributed by atoms with Gasteiger partial charge in [-0.1, -0.05) is 26.8 Å². The molecule has 5 heteroatoms. The number of amides is 1. The largest absolute Gasteiger partial charge is 0.351 e. The molecule has 1 saturated heterocycles. The fourth-order valence-corrected chi connectivity index (χ4v) is 3.99. The summed E-state index contributed by atoms with van der Waals surface area (Å²) in [6.45, 7) is 13.7. The number of nitrogens with one attached hydrogen (secondary N) is 1. The quantitative estimate of drug-likeness (QED) is 0.874. The van der Waals surface area contributed by atoms with Crippen LogP contribution in [-0.4, -0.2) is 54.5 Å². The lowest BCUT2D eigenvalue weighted by molar-refractivity contribution is -0.125. The van der Waals surface area contributed by atoms with Crippen LogP contribution in [0.5, 0.6) is 0 Å².